The lowest BCUT2D eigenvalue weighted by Crippen LogP contribution is -2.33. The van der Waals surface area contributed by atoms with Crippen molar-refractivity contribution in [2.75, 3.05) is 13.7 Å². The summed E-state index contributed by atoms with van der Waals surface area (Å²) in [5.41, 5.74) is 4.61. The molecule has 0 saturated heterocycles. The van der Waals surface area contributed by atoms with Gasteiger partial charge in [-0.3, -0.25) is 9.69 Å². The summed E-state index contributed by atoms with van der Waals surface area (Å²) in [6.45, 7) is 8.12. The van der Waals surface area contributed by atoms with Crippen LogP contribution in [0.3, 0.4) is 0 Å². The van der Waals surface area contributed by atoms with Gasteiger partial charge in [-0.05, 0) is 83.1 Å². The number of methoxy groups -OCH3 is 1. The zero-order valence-corrected chi connectivity index (χ0v) is 21.3. The lowest BCUT2D eigenvalue weighted by Gasteiger charge is -2.31. The number of fused-ring (bicyclic) bond motifs is 1. The number of aryl methyl sites for hydroxylation is 2. The highest BCUT2D eigenvalue weighted by Gasteiger charge is 2.27. The van der Waals surface area contributed by atoms with Crippen molar-refractivity contribution in [2.45, 2.75) is 59.3 Å². The Kier molecular flexibility index (Phi) is 8.22. The lowest BCUT2D eigenvalue weighted by atomic mass is 10.0. The molecule has 0 radical (unpaired) electrons. The van der Waals surface area contributed by atoms with E-state index in [1.807, 2.05) is 19.1 Å². The van der Waals surface area contributed by atoms with Gasteiger partial charge in [-0.2, -0.15) is 0 Å². The van der Waals surface area contributed by atoms with Crippen LogP contribution in [0, 0.1) is 19.7 Å². The van der Waals surface area contributed by atoms with Gasteiger partial charge in [-0.25, -0.2) is 9.07 Å². The third kappa shape index (κ3) is 5.85. The first kappa shape index (κ1) is 25.7. The molecule has 0 aliphatic carbocycles. The van der Waals surface area contributed by atoms with Crippen LogP contribution < -0.4 is 5.56 Å². The number of halogens is 1. The van der Waals surface area contributed by atoms with Crippen molar-refractivity contribution in [1.82, 2.24) is 30.1 Å². The summed E-state index contributed by atoms with van der Waals surface area (Å²) in [6, 6.07) is 12.4. The van der Waals surface area contributed by atoms with E-state index >= 15 is 0 Å². The number of rotatable bonds is 11. The van der Waals surface area contributed by atoms with Crippen LogP contribution in [-0.4, -0.2) is 43.8 Å². The molecule has 4 rings (SSSR count). The Morgan fingerprint density at radius 3 is 2.58 bits per heavy atom. The minimum atomic E-state index is -0.282. The van der Waals surface area contributed by atoms with Gasteiger partial charge in [0.1, 0.15) is 5.82 Å². The molecule has 1 N–H and O–H groups in total. The van der Waals surface area contributed by atoms with Gasteiger partial charge in [0.15, 0.2) is 5.82 Å². The number of H-pyrrole nitrogens is 1. The zero-order chi connectivity index (χ0) is 25.7. The van der Waals surface area contributed by atoms with Gasteiger partial charge in [0.05, 0.1) is 19.2 Å². The molecule has 2 heterocycles. The van der Waals surface area contributed by atoms with E-state index in [-0.39, 0.29) is 17.4 Å². The van der Waals surface area contributed by atoms with E-state index in [2.05, 4.69) is 45.3 Å². The van der Waals surface area contributed by atoms with Gasteiger partial charge in [-0.15, -0.1) is 5.10 Å². The summed E-state index contributed by atoms with van der Waals surface area (Å²) in [5, 5.41) is 13.4. The van der Waals surface area contributed by atoms with Crippen LogP contribution in [0.5, 0.6) is 0 Å². The number of tetrazole rings is 1. The smallest absolute Gasteiger partial charge is 0.252 e. The number of nitrogens with zero attached hydrogens (tertiary/aromatic N) is 5. The molecular weight excluding hydrogens is 459 g/mol. The molecule has 0 aliphatic heterocycles. The zero-order valence-electron chi connectivity index (χ0n) is 21.3. The van der Waals surface area contributed by atoms with Crippen molar-refractivity contribution in [3.8, 4) is 0 Å². The van der Waals surface area contributed by atoms with Gasteiger partial charge in [0.2, 0.25) is 0 Å². The van der Waals surface area contributed by atoms with E-state index in [9.17, 15) is 9.18 Å². The number of ether oxygens (including phenoxy) is 1. The maximum atomic E-state index is 13.6. The van der Waals surface area contributed by atoms with Crippen LogP contribution in [0.2, 0.25) is 0 Å². The van der Waals surface area contributed by atoms with Gasteiger partial charge in [0.25, 0.3) is 5.56 Å². The first-order valence-corrected chi connectivity index (χ1v) is 12.3. The molecule has 0 aliphatic rings. The van der Waals surface area contributed by atoms with Crippen LogP contribution in [0.1, 0.15) is 53.9 Å². The number of nitrogens with one attached hydrogen (secondary N) is 1. The van der Waals surface area contributed by atoms with E-state index < -0.39 is 0 Å². The number of pyridine rings is 1. The van der Waals surface area contributed by atoms with Crippen LogP contribution in [0.15, 0.2) is 47.3 Å². The predicted molar refractivity (Wildman–Crippen MR) is 137 cm³/mol. The second-order valence-corrected chi connectivity index (χ2v) is 9.24. The Hall–Kier alpha value is -3.43. The van der Waals surface area contributed by atoms with Crippen molar-refractivity contribution in [1.29, 1.82) is 0 Å². The molecule has 0 bridgehead atoms. The van der Waals surface area contributed by atoms with Crippen LogP contribution in [0.4, 0.5) is 4.39 Å². The van der Waals surface area contributed by atoms with Gasteiger partial charge >= 0.3 is 0 Å². The first-order valence-electron chi connectivity index (χ1n) is 12.3. The molecule has 8 nitrogen and oxygen atoms in total. The Morgan fingerprint density at radius 1 is 1.11 bits per heavy atom. The second-order valence-electron chi connectivity index (χ2n) is 9.24. The molecule has 0 fully saturated rings. The standard InChI is InChI=1S/C27H33FN6O2/c1-5-6-25(26-30-31-32-34(26)11-12-36-4)33(16-20-7-9-23(28)10-8-20)17-22-15-21-13-18(2)19(3)14-24(21)29-27(22)35/h7-10,13-15,25H,5-6,11-12,16-17H2,1-4H3,(H,29,35). The van der Waals surface area contributed by atoms with Gasteiger partial charge < -0.3 is 9.72 Å². The largest absolute Gasteiger partial charge is 0.383 e. The predicted octanol–water partition coefficient (Wildman–Crippen LogP) is 4.46. The highest BCUT2D eigenvalue weighted by molar-refractivity contribution is 5.80. The maximum Gasteiger partial charge on any atom is 0.252 e. The van der Waals surface area contributed by atoms with E-state index in [1.54, 1.807) is 23.9 Å². The summed E-state index contributed by atoms with van der Waals surface area (Å²) in [7, 11) is 1.64. The fraction of sp³-hybridized carbons (Fsp3) is 0.407. The number of aromatic nitrogens is 5. The number of aromatic amines is 1. The average molecular weight is 493 g/mol. The van der Waals surface area contributed by atoms with Crippen molar-refractivity contribution >= 4 is 10.9 Å². The normalized spacial score (nSPS) is 12.5. The quantitative estimate of drug-likeness (QED) is 0.333. The topological polar surface area (TPSA) is 88.9 Å². The minimum absolute atomic E-state index is 0.121. The second kappa shape index (κ2) is 11.5. The molecule has 2 aromatic heterocycles. The SMILES string of the molecule is CCCC(c1nnnn1CCOC)N(Cc1ccc(F)cc1)Cc1cc2cc(C)c(C)cc2[nH]c1=O. The minimum Gasteiger partial charge on any atom is -0.383 e. The molecule has 0 spiro atoms. The first-order chi connectivity index (χ1) is 17.4. The third-order valence-corrected chi connectivity index (χ3v) is 6.58. The molecule has 1 atom stereocenters. The summed E-state index contributed by atoms with van der Waals surface area (Å²) in [6.07, 6.45) is 1.69. The van der Waals surface area contributed by atoms with Crippen molar-refractivity contribution < 1.29 is 9.13 Å². The van der Waals surface area contributed by atoms with Gasteiger partial charge in [0, 0.05) is 31.3 Å². The van der Waals surface area contributed by atoms with Crippen LogP contribution in [0.25, 0.3) is 10.9 Å². The summed E-state index contributed by atoms with van der Waals surface area (Å²) < 4.78 is 20.6. The molecule has 190 valence electrons. The molecule has 0 amide bonds. The summed E-state index contributed by atoms with van der Waals surface area (Å²) >= 11 is 0. The molecule has 36 heavy (non-hydrogen) atoms. The van der Waals surface area contributed by atoms with E-state index in [0.717, 1.165) is 40.7 Å². The third-order valence-electron chi connectivity index (χ3n) is 6.58. The summed E-state index contributed by atoms with van der Waals surface area (Å²) in [5.74, 6) is 0.440. The molecule has 0 saturated carbocycles. The van der Waals surface area contributed by atoms with Crippen molar-refractivity contribution in [3.63, 3.8) is 0 Å². The monoisotopic (exact) mass is 492 g/mol. The van der Waals surface area contributed by atoms with E-state index in [1.165, 1.54) is 17.7 Å². The Morgan fingerprint density at radius 2 is 1.86 bits per heavy atom. The number of hydrogen-bond acceptors (Lipinski definition) is 6. The Balaban J connectivity index is 1.75. The molecule has 2 aromatic carbocycles. The van der Waals surface area contributed by atoms with Crippen molar-refractivity contribution in [2.24, 2.45) is 0 Å². The number of benzene rings is 2. The molecule has 4 aromatic rings. The molecule has 9 heteroatoms. The summed E-state index contributed by atoms with van der Waals surface area (Å²) in [4.78, 5) is 18.4. The lowest BCUT2D eigenvalue weighted by molar-refractivity contribution is 0.147. The van der Waals surface area contributed by atoms with Gasteiger partial charge in [-0.1, -0.05) is 25.5 Å². The maximum absolute atomic E-state index is 13.6. The Bertz CT molecular complexity index is 1370. The van der Waals surface area contributed by atoms with Crippen molar-refractivity contribution in [3.05, 3.63) is 86.7 Å². The highest BCUT2D eigenvalue weighted by Crippen LogP contribution is 2.28. The Labute approximate surface area is 210 Å². The van der Waals surface area contributed by atoms with Crippen LogP contribution in [-0.2, 0) is 24.4 Å². The number of hydrogen-bond donors (Lipinski definition) is 1. The fourth-order valence-corrected chi connectivity index (χ4v) is 4.49. The fourth-order valence-electron chi connectivity index (χ4n) is 4.49. The van der Waals surface area contributed by atoms with Crippen LogP contribution >= 0.6 is 0 Å². The van der Waals surface area contributed by atoms with E-state index in [4.69, 9.17) is 4.74 Å². The average Bonchev–Trinajstić information content (AvgIpc) is 3.32. The molecular formula is C27H33FN6O2. The van der Waals surface area contributed by atoms with E-state index in [0.29, 0.717) is 31.8 Å². The highest BCUT2D eigenvalue weighted by atomic mass is 19.1. The molecule has 1 unspecified atom stereocenters.